The molecule has 0 bridgehead atoms. The molecule has 1 fully saturated rings. The number of hydrogen-bond acceptors (Lipinski definition) is 2. The van der Waals surface area contributed by atoms with Crippen LogP contribution >= 0.6 is 0 Å². The molecule has 3 N–H and O–H groups in total. The average molecular weight is 237 g/mol. The molecule has 0 amide bonds. The maximum Gasteiger partial charge on any atom is 0.165 e. The second kappa shape index (κ2) is 4.65. The summed E-state index contributed by atoms with van der Waals surface area (Å²) in [5, 5.41) is 9.55. The van der Waals surface area contributed by atoms with Crippen molar-refractivity contribution < 1.29 is 9.50 Å². The highest BCUT2D eigenvalue weighted by molar-refractivity contribution is 5.41. The zero-order valence-electron chi connectivity index (χ0n) is 10.3. The van der Waals surface area contributed by atoms with Crippen LogP contribution in [0.15, 0.2) is 12.1 Å². The summed E-state index contributed by atoms with van der Waals surface area (Å²) in [6, 6.07) is 2.99. The fraction of sp³-hybridized carbons (Fsp3) is 0.571. The van der Waals surface area contributed by atoms with E-state index >= 15 is 0 Å². The monoisotopic (exact) mass is 237 g/mol. The Bertz CT molecular complexity index is 411. The highest BCUT2D eigenvalue weighted by Crippen LogP contribution is 2.41. The van der Waals surface area contributed by atoms with E-state index < -0.39 is 5.82 Å². The van der Waals surface area contributed by atoms with Gasteiger partial charge in [-0.2, -0.15) is 0 Å². The van der Waals surface area contributed by atoms with Crippen molar-refractivity contribution in [3.8, 4) is 5.75 Å². The number of halogens is 1. The number of nitrogens with two attached hydrogens (primary N) is 1. The van der Waals surface area contributed by atoms with E-state index in [-0.39, 0.29) is 11.2 Å². The Morgan fingerprint density at radius 3 is 2.53 bits per heavy atom. The topological polar surface area (TPSA) is 46.2 Å². The third kappa shape index (κ3) is 2.16. The largest absolute Gasteiger partial charge is 0.505 e. The Hall–Kier alpha value is -1.09. The highest BCUT2D eigenvalue weighted by Gasteiger charge is 2.34. The fourth-order valence-corrected chi connectivity index (χ4v) is 3.04. The molecular weight excluding hydrogens is 217 g/mol. The molecule has 3 heteroatoms. The van der Waals surface area contributed by atoms with Crippen LogP contribution in [0.25, 0.3) is 0 Å². The molecule has 0 aromatic heterocycles. The van der Waals surface area contributed by atoms with Gasteiger partial charge in [-0.3, -0.25) is 0 Å². The van der Waals surface area contributed by atoms with E-state index in [9.17, 15) is 9.50 Å². The first-order valence-corrected chi connectivity index (χ1v) is 6.29. The highest BCUT2D eigenvalue weighted by atomic mass is 19.1. The Morgan fingerprint density at radius 1 is 1.29 bits per heavy atom. The minimum absolute atomic E-state index is 0.0620. The summed E-state index contributed by atoms with van der Waals surface area (Å²) in [6.45, 7) is 2.46. The smallest absolute Gasteiger partial charge is 0.165 e. The number of aryl methyl sites for hydroxylation is 1. The van der Waals surface area contributed by atoms with Crippen molar-refractivity contribution in [3.63, 3.8) is 0 Å². The minimum atomic E-state index is -0.547. The lowest BCUT2D eigenvalue weighted by Crippen LogP contribution is -2.37. The molecule has 0 spiro atoms. The van der Waals surface area contributed by atoms with Gasteiger partial charge in [0.15, 0.2) is 11.6 Å². The molecule has 0 atom stereocenters. The van der Waals surface area contributed by atoms with E-state index in [0.717, 1.165) is 36.8 Å². The number of aromatic hydroxyl groups is 1. The van der Waals surface area contributed by atoms with Gasteiger partial charge in [-0.25, -0.2) is 4.39 Å². The molecule has 1 saturated carbocycles. The van der Waals surface area contributed by atoms with Gasteiger partial charge in [0, 0.05) is 12.0 Å². The lowest BCUT2D eigenvalue weighted by Gasteiger charge is -2.38. The number of phenols is 1. The van der Waals surface area contributed by atoms with Crippen LogP contribution in [0.4, 0.5) is 4.39 Å². The first kappa shape index (κ1) is 12.4. The zero-order valence-corrected chi connectivity index (χ0v) is 10.3. The minimum Gasteiger partial charge on any atom is -0.505 e. The molecule has 0 saturated heterocycles. The maximum absolute atomic E-state index is 13.3. The summed E-state index contributed by atoms with van der Waals surface area (Å²) in [7, 11) is 0. The lowest BCUT2D eigenvalue weighted by atomic mass is 9.68. The van der Waals surface area contributed by atoms with Crippen molar-refractivity contribution in [2.75, 3.05) is 6.54 Å². The van der Waals surface area contributed by atoms with Crippen molar-refractivity contribution in [1.29, 1.82) is 0 Å². The van der Waals surface area contributed by atoms with E-state index in [2.05, 4.69) is 0 Å². The van der Waals surface area contributed by atoms with Crippen molar-refractivity contribution >= 4 is 0 Å². The van der Waals surface area contributed by atoms with Gasteiger partial charge in [0.25, 0.3) is 0 Å². The molecule has 2 nitrogen and oxygen atoms in total. The van der Waals surface area contributed by atoms with Crippen LogP contribution < -0.4 is 5.73 Å². The molecule has 94 valence electrons. The summed E-state index contributed by atoms with van der Waals surface area (Å²) in [6.07, 6.45) is 5.64. The van der Waals surface area contributed by atoms with Crippen molar-refractivity contribution in [2.45, 2.75) is 44.4 Å². The predicted molar refractivity (Wildman–Crippen MR) is 66.6 cm³/mol. The van der Waals surface area contributed by atoms with Crippen LogP contribution in [0.2, 0.25) is 0 Å². The fourth-order valence-electron chi connectivity index (χ4n) is 3.04. The van der Waals surface area contributed by atoms with E-state index in [1.54, 1.807) is 6.07 Å². The standard InChI is InChI=1S/C14H20FNO/c1-10-7-12(15)13(17)8-11(10)14(9-16)5-3-2-4-6-14/h7-8,17H,2-6,9,16H2,1H3. The van der Waals surface area contributed by atoms with Crippen LogP contribution in [0.3, 0.4) is 0 Å². The van der Waals surface area contributed by atoms with E-state index in [0.29, 0.717) is 6.54 Å². The molecule has 17 heavy (non-hydrogen) atoms. The second-order valence-electron chi connectivity index (χ2n) is 5.16. The van der Waals surface area contributed by atoms with Gasteiger partial charge >= 0.3 is 0 Å². The summed E-state index contributed by atoms with van der Waals surface area (Å²) < 4.78 is 13.3. The molecule has 1 aromatic carbocycles. The van der Waals surface area contributed by atoms with Crippen molar-refractivity contribution in [1.82, 2.24) is 0 Å². The first-order chi connectivity index (χ1) is 8.09. The van der Waals surface area contributed by atoms with Crippen molar-refractivity contribution in [2.24, 2.45) is 5.73 Å². The van der Waals surface area contributed by atoms with Crippen LogP contribution in [0, 0.1) is 12.7 Å². The lowest BCUT2D eigenvalue weighted by molar-refractivity contribution is 0.297. The van der Waals surface area contributed by atoms with Gasteiger partial charge in [-0.05, 0) is 43.0 Å². The Balaban J connectivity index is 2.46. The van der Waals surface area contributed by atoms with Gasteiger partial charge < -0.3 is 10.8 Å². The second-order valence-corrected chi connectivity index (χ2v) is 5.16. The Kier molecular flexibility index (Phi) is 3.38. The Labute approximate surface area is 102 Å². The van der Waals surface area contributed by atoms with Gasteiger partial charge in [-0.15, -0.1) is 0 Å². The van der Waals surface area contributed by atoms with Gasteiger partial charge in [0.05, 0.1) is 0 Å². The number of rotatable bonds is 2. The van der Waals surface area contributed by atoms with Crippen LogP contribution in [0.1, 0.15) is 43.2 Å². The van der Waals surface area contributed by atoms with Gasteiger partial charge in [-0.1, -0.05) is 19.3 Å². The summed E-state index contributed by atoms with van der Waals surface area (Å²) in [5.41, 5.74) is 7.81. The summed E-state index contributed by atoms with van der Waals surface area (Å²) in [4.78, 5) is 0. The molecule has 1 aromatic rings. The summed E-state index contributed by atoms with van der Waals surface area (Å²) >= 11 is 0. The third-order valence-electron chi connectivity index (χ3n) is 4.07. The molecular formula is C14H20FNO. The van der Waals surface area contributed by atoms with E-state index in [1.165, 1.54) is 12.5 Å². The van der Waals surface area contributed by atoms with Crippen molar-refractivity contribution in [3.05, 3.63) is 29.1 Å². The summed E-state index contributed by atoms with van der Waals surface area (Å²) in [5.74, 6) is -0.807. The van der Waals surface area contributed by atoms with Gasteiger partial charge in [0.2, 0.25) is 0 Å². The van der Waals surface area contributed by atoms with Gasteiger partial charge in [0.1, 0.15) is 0 Å². The Morgan fingerprint density at radius 2 is 1.94 bits per heavy atom. The predicted octanol–water partition coefficient (Wildman–Crippen LogP) is 3.00. The third-order valence-corrected chi connectivity index (χ3v) is 4.07. The number of phenolic OH excluding ortho intramolecular Hbond substituents is 1. The molecule has 1 aliphatic rings. The molecule has 1 aliphatic carbocycles. The average Bonchev–Trinajstić information content (AvgIpc) is 2.34. The number of hydrogen-bond donors (Lipinski definition) is 2. The van der Waals surface area contributed by atoms with E-state index in [4.69, 9.17) is 5.73 Å². The van der Waals surface area contributed by atoms with Crippen LogP contribution in [-0.4, -0.2) is 11.7 Å². The quantitative estimate of drug-likeness (QED) is 0.830. The molecule has 0 radical (unpaired) electrons. The number of benzene rings is 1. The molecule has 0 unspecified atom stereocenters. The normalized spacial score (nSPS) is 19.2. The SMILES string of the molecule is Cc1cc(F)c(O)cc1C1(CN)CCCCC1. The molecule has 0 aliphatic heterocycles. The molecule has 2 rings (SSSR count). The zero-order chi connectivity index (χ0) is 12.5. The first-order valence-electron chi connectivity index (χ1n) is 6.29. The van der Waals surface area contributed by atoms with Crippen LogP contribution in [0.5, 0.6) is 5.75 Å². The van der Waals surface area contributed by atoms with E-state index in [1.807, 2.05) is 6.92 Å². The van der Waals surface area contributed by atoms with Crippen LogP contribution in [-0.2, 0) is 5.41 Å². The molecule has 0 heterocycles. The maximum atomic E-state index is 13.3.